The van der Waals surface area contributed by atoms with Crippen LogP contribution in [0.25, 0.3) is 0 Å². The molecule has 3 rings (SSSR count). The number of carbonyl (C=O) groups is 2. The summed E-state index contributed by atoms with van der Waals surface area (Å²) in [5.74, 6) is -1.95. The van der Waals surface area contributed by atoms with Gasteiger partial charge in [0, 0.05) is 5.56 Å². The van der Waals surface area contributed by atoms with E-state index in [0.717, 1.165) is 23.8 Å². The lowest BCUT2D eigenvalue weighted by Gasteiger charge is -2.20. The molecule has 0 aromatic heterocycles. The molecule has 3 amide bonds. The first kappa shape index (κ1) is 14.4. The van der Waals surface area contributed by atoms with Gasteiger partial charge in [-0.2, -0.15) is 0 Å². The van der Waals surface area contributed by atoms with Crippen LogP contribution in [0.1, 0.15) is 31.2 Å². The highest BCUT2D eigenvalue weighted by Crippen LogP contribution is 2.36. The van der Waals surface area contributed by atoms with Crippen LogP contribution in [0.4, 0.5) is 13.6 Å². The van der Waals surface area contributed by atoms with Crippen molar-refractivity contribution >= 4 is 27.9 Å². The first-order valence-electron chi connectivity index (χ1n) is 6.71. The molecular weight excluding hydrogens is 346 g/mol. The summed E-state index contributed by atoms with van der Waals surface area (Å²) in [6.07, 6.45) is 2.88. The Labute approximate surface area is 128 Å². The van der Waals surface area contributed by atoms with E-state index in [1.165, 1.54) is 6.07 Å². The van der Waals surface area contributed by atoms with Crippen LogP contribution in [-0.4, -0.2) is 22.4 Å². The molecule has 1 aromatic carbocycles. The molecule has 1 aliphatic carbocycles. The van der Waals surface area contributed by atoms with Crippen molar-refractivity contribution in [3.05, 3.63) is 33.8 Å². The monoisotopic (exact) mass is 358 g/mol. The lowest BCUT2D eigenvalue weighted by atomic mass is 9.98. The summed E-state index contributed by atoms with van der Waals surface area (Å²) in [4.78, 5) is 25.3. The third-order valence-electron chi connectivity index (χ3n) is 4.16. The fourth-order valence-corrected chi connectivity index (χ4v) is 3.38. The number of carbonyl (C=O) groups excluding carboxylic acids is 2. The highest BCUT2D eigenvalue weighted by molar-refractivity contribution is 9.10. The first-order valence-corrected chi connectivity index (χ1v) is 7.50. The summed E-state index contributed by atoms with van der Waals surface area (Å²) in [6.45, 7) is -0.399. The van der Waals surface area contributed by atoms with E-state index in [4.69, 9.17) is 0 Å². The molecule has 112 valence electrons. The molecule has 4 nitrogen and oxygen atoms in total. The highest BCUT2D eigenvalue weighted by Gasteiger charge is 2.52. The summed E-state index contributed by atoms with van der Waals surface area (Å²) in [5.41, 5.74) is -1.15. The standard InChI is InChI=1S/C14H13BrF2N2O2/c15-9-3-4-10(16)8(11(9)17)7-19-12(20)14(18-13(19)21)5-1-2-6-14/h3-4H,1-2,5-7H2,(H,18,21). The SMILES string of the molecule is O=C1NC2(CCCC2)C(=O)N1Cc1c(F)ccc(Br)c1F. The molecular formula is C14H13BrF2N2O2. The van der Waals surface area contributed by atoms with Crippen LogP contribution in [0, 0.1) is 11.6 Å². The van der Waals surface area contributed by atoms with E-state index in [1.54, 1.807) is 0 Å². The minimum Gasteiger partial charge on any atom is -0.323 e. The summed E-state index contributed by atoms with van der Waals surface area (Å²) < 4.78 is 27.9. The maximum atomic E-state index is 14.0. The second-order valence-corrected chi connectivity index (χ2v) is 6.29. The van der Waals surface area contributed by atoms with Gasteiger partial charge in [0.2, 0.25) is 0 Å². The van der Waals surface area contributed by atoms with Crippen molar-refractivity contribution in [2.45, 2.75) is 37.8 Å². The van der Waals surface area contributed by atoms with Gasteiger partial charge in [-0.05, 0) is 40.9 Å². The lowest BCUT2D eigenvalue weighted by Crippen LogP contribution is -2.44. The lowest BCUT2D eigenvalue weighted by molar-refractivity contribution is -0.131. The van der Waals surface area contributed by atoms with Crippen LogP contribution >= 0.6 is 15.9 Å². The summed E-state index contributed by atoms with van der Waals surface area (Å²) in [6, 6.07) is 1.77. The maximum Gasteiger partial charge on any atom is 0.325 e. The van der Waals surface area contributed by atoms with E-state index in [9.17, 15) is 18.4 Å². The minimum absolute atomic E-state index is 0.0986. The number of nitrogens with zero attached hydrogens (tertiary/aromatic N) is 1. The Morgan fingerprint density at radius 3 is 2.57 bits per heavy atom. The van der Waals surface area contributed by atoms with Crippen LogP contribution in [0.2, 0.25) is 0 Å². The van der Waals surface area contributed by atoms with E-state index in [2.05, 4.69) is 21.2 Å². The van der Waals surface area contributed by atoms with Crippen molar-refractivity contribution in [2.75, 3.05) is 0 Å². The van der Waals surface area contributed by atoms with Gasteiger partial charge in [0.1, 0.15) is 17.2 Å². The van der Waals surface area contributed by atoms with Crippen LogP contribution in [0.5, 0.6) is 0 Å². The largest absolute Gasteiger partial charge is 0.325 e. The fourth-order valence-electron chi connectivity index (χ4n) is 3.01. The number of nitrogens with one attached hydrogen (secondary N) is 1. The third kappa shape index (κ3) is 2.23. The van der Waals surface area contributed by atoms with Gasteiger partial charge in [0.25, 0.3) is 5.91 Å². The number of imide groups is 1. The predicted octanol–water partition coefficient (Wildman–Crippen LogP) is 3.09. The quantitative estimate of drug-likeness (QED) is 0.652. The zero-order valence-electron chi connectivity index (χ0n) is 11.1. The topological polar surface area (TPSA) is 49.4 Å². The van der Waals surface area contributed by atoms with Gasteiger partial charge < -0.3 is 5.32 Å². The van der Waals surface area contributed by atoms with E-state index >= 15 is 0 Å². The maximum absolute atomic E-state index is 14.0. The molecule has 1 aliphatic heterocycles. The molecule has 2 fully saturated rings. The number of hydrogen-bond acceptors (Lipinski definition) is 2. The second kappa shape index (κ2) is 5.05. The van der Waals surface area contributed by atoms with E-state index in [-0.39, 0.29) is 15.9 Å². The van der Waals surface area contributed by atoms with Crippen molar-refractivity contribution in [1.82, 2.24) is 10.2 Å². The Morgan fingerprint density at radius 2 is 1.90 bits per heavy atom. The number of urea groups is 1. The van der Waals surface area contributed by atoms with E-state index in [0.29, 0.717) is 12.8 Å². The third-order valence-corrected chi connectivity index (χ3v) is 4.77. The van der Waals surface area contributed by atoms with E-state index < -0.39 is 29.7 Å². The molecule has 7 heteroatoms. The number of benzene rings is 1. The summed E-state index contributed by atoms with van der Waals surface area (Å²) in [5, 5.41) is 2.68. The Morgan fingerprint density at radius 1 is 1.24 bits per heavy atom. The molecule has 2 aliphatic rings. The first-order chi connectivity index (χ1) is 9.94. The molecule has 0 atom stereocenters. The molecule has 0 radical (unpaired) electrons. The van der Waals surface area contributed by atoms with Gasteiger partial charge in [-0.3, -0.25) is 9.69 Å². The van der Waals surface area contributed by atoms with Crippen LogP contribution in [0.15, 0.2) is 16.6 Å². The molecule has 0 unspecified atom stereocenters. The molecule has 1 saturated heterocycles. The molecule has 0 bridgehead atoms. The number of amides is 3. The smallest absolute Gasteiger partial charge is 0.323 e. The van der Waals surface area contributed by atoms with E-state index in [1.807, 2.05) is 0 Å². The van der Waals surface area contributed by atoms with Crippen molar-refractivity contribution < 1.29 is 18.4 Å². The number of hydrogen-bond donors (Lipinski definition) is 1. The minimum atomic E-state index is -0.865. The van der Waals surface area contributed by atoms with Crippen molar-refractivity contribution in [2.24, 2.45) is 0 Å². The van der Waals surface area contributed by atoms with Gasteiger partial charge >= 0.3 is 6.03 Å². The van der Waals surface area contributed by atoms with Gasteiger partial charge in [0.05, 0.1) is 11.0 Å². The predicted molar refractivity (Wildman–Crippen MR) is 74.3 cm³/mol. The van der Waals surface area contributed by atoms with Gasteiger partial charge in [-0.1, -0.05) is 12.8 Å². The number of rotatable bonds is 2. The van der Waals surface area contributed by atoms with Gasteiger partial charge in [0.15, 0.2) is 0 Å². The molecule has 21 heavy (non-hydrogen) atoms. The Balaban J connectivity index is 1.91. The molecule has 1 heterocycles. The van der Waals surface area contributed by atoms with Crippen LogP contribution in [0.3, 0.4) is 0 Å². The molecule has 1 saturated carbocycles. The van der Waals surface area contributed by atoms with Crippen molar-refractivity contribution in [3.63, 3.8) is 0 Å². The fraction of sp³-hybridized carbons (Fsp3) is 0.429. The van der Waals surface area contributed by atoms with Crippen molar-refractivity contribution in [3.8, 4) is 0 Å². The number of halogens is 3. The Hall–Kier alpha value is -1.50. The van der Waals surface area contributed by atoms with Gasteiger partial charge in [-0.15, -0.1) is 0 Å². The zero-order chi connectivity index (χ0) is 15.2. The Kier molecular flexibility index (Phi) is 3.47. The molecule has 1 spiro atoms. The average molecular weight is 359 g/mol. The second-order valence-electron chi connectivity index (χ2n) is 5.43. The average Bonchev–Trinajstić information content (AvgIpc) is 3.00. The van der Waals surface area contributed by atoms with Gasteiger partial charge in [-0.25, -0.2) is 13.6 Å². The highest BCUT2D eigenvalue weighted by atomic mass is 79.9. The van der Waals surface area contributed by atoms with Crippen molar-refractivity contribution in [1.29, 1.82) is 0 Å². The summed E-state index contributed by atoms with van der Waals surface area (Å²) >= 11 is 2.97. The molecule has 1 aromatic rings. The summed E-state index contributed by atoms with van der Waals surface area (Å²) in [7, 11) is 0. The normalized spacial score (nSPS) is 20.4. The van der Waals surface area contributed by atoms with Crippen LogP contribution < -0.4 is 5.32 Å². The Bertz CT molecular complexity index is 630. The molecule has 1 N–H and O–H groups in total. The zero-order valence-corrected chi connectivity index (χ0v) is 12.7. The van der Waals surface area contributed by atoms with Crippen LogP contribution in [-0.2, 0) is 11.3 Å².